The van der Waals surface area contributed by atoms with Crippen LogP contribution in [-0.2, 0) is 0 Å². The summed E-state index contributed by atoms with van der Waals surface area (Å²) >= 11 is 1.56. The van der Waals surface area contributed by atoms with E-state index in [2.05, 4.69) is 10.3 Å². The molecule has 2 aromatic carbocycles. The molecule has 34 heavy (non-hydrogen) atoms. The van der Waals surface area contributed by atoms with Crippen molar-refractivity contribution in [1.82, 2.24) is 4.98 Å². The summed E-state index contributed by atoms with van der Waals surface area (Å²) in [6.45, 7) is 2.31. The van der Waals surface area contributed by atoms with Crippen LogP contribution in [0.2, 0.25) is 0 Å². The van der Waals surface area contributed by atoms with E-state index in [1.54, 1.807) is 41.1 Å². The average molecular weight is 486 g/mol. The molecule has 1 aliphatic rings. The summed E-state index contributed by atoms with van der Waals surface area (Å²) in [5, 5.41) is 2.95. The smallest absolute Gasteiger partial charge is 0.259 e. The number of carbonyl (C=O) groups is 1. The SMILES string of the molecule is CSc1cccc(NC(=O)c2c(N3CCCC(F)(F)CC3)ncc(-c3ccc(F)cc3)c2C)c1. The molecule has 1 saturated heterocycles. The van der Waals surface area contributed by atoms with E-state index in [4.69, 9.17) is 0 Å². The number of hydrogen-bond donors (Lipinski definition) is 1. The molecule has 2 heterocycles. The molecule has 0 radical (unpaired) electrons. The fourth-order valence-corrected chi connectivity index (χ4v) is 4.65. The van der Waals surface area contributed by atoms with Crippen LogP contribution in [0.1, 0.15) is 35.2 Å². The van der Waals surface area contributed by atoms with Crippen molar-refractivity contribution in [2.75, 3.05) is 29.6 Å². The van der Waals surface area contributed by atoms with Crippen molar-refractivity contribution in [3.63, 3.8) is 0 Å². The zero-order valence-corrected chi connectivity index (χ0v) is 19.9. The van der Waals surface area contributed by atoms with E-state index in [0.717, 1.165) is 10.5 Å². The minimum Gasteiger partial charge on any atom is -0.356 e. The summed E-state index contributed by atoms with van der Waals surface area (Å²) in [7, 11) is 0. The van der Waals surface area contributed by atoms with Crippen LogP contribution in [0.4, 0.5) is 24.7 Å². The number of amides is 1. The third kappa shape index (κ3) is 5.38. The van der Waals surface area contributed by atoms with Crippen molar-refractivity contribution < 1.29 is 18.0 Å². The minimum atomic E-state index is -2.72. The Kier molecular flexibility index (Phi) is 7.16. The lowest BCUT2D eigenvalue weighted by atomic mass is 9.97. The van der Waals surface area contributed by atoms with E-state index in [-0.39, 0.29) is 31.1 Å². The molecule has 1 amide bonds. The number of carbonyl (C=O) groups excluding carboxylic acids is 1. The second-order valence-corrected chi connectivity index (χ2v) is 9.26. The number of hydrogen-bond acceptors (Lipinski definition) is 4. The van der Waals surface area contributed by atoms with Crippen molar-refractivity contribution in [3.8, 4) is 11.1 Å². The Morgan fingerprint density at radius 1 is 1.12 bits per heavy atom. The van der Waals surface area contributed by atoms with E-state index >= 15 is 0 Å². The molecular weight excluding hydrogens is 459 g/mol. The maximum absolute atomic E-state index is 14.0. The van der Waals surface area contributed by atoms with Crippen LogP contribution < -0.4 is 10.2 Å². The van der Waals surface area contributed by atoms with Gasteiger partial charge in [-0.3, -0.25) is 4.79 Å². The van der Waals surface area contributed by atoms with Crippen molar-refractivity contribution in [2.24, 2.45) is 0 Å². The molecule has 0 aliphatic carbocycles. The Balaban J connectivity index is 1.76. The average Bonchev–Trinajstić information content (AvgIpc) is 3.00. The first-order valence-electron chi connectivity index (χ1n) is 11.1. The van der Waals surface area contributed by atoms with Crippen molar-refractivity contribution in [1.29, 1.82) is 0 Å². The number of anilines is 2. The predicted octanol–water partition coefficient (Wildman–Crippen LogP) is 6.80. The monoisotopic (exact) mass is 485 g/mol. The van der Waals surface area contributed by atoms with Gasteiger partial charge in [0.2, 0.25) is 5.92 Å². The molecule has 8 heteroatoms. The number of benzene rings is 2. The zero-order valence-electron chi connectivity index (χ0n) is 19.1. The predicted molar refractivity (Wildman–Crippen MR) is 132 cm³/mol. The van der Waals surface area contributed by atoms with Crippen LogP contribution in [0.15, 0.2) is 59.6 Å². The molecule has 0 bridgehead atoms. The van der Waals surface area contributed by atoms with Crippen LogP contribution in [0.5, 0.6) is 0 Å². The van der Waals surface area contributed by atoms with Crippen LogP contribution in [0.3, 0.4) is 0 Å². The molecular formula is C26H26F3N3OS. The van der Waals surface area contributed by atoms with Gasteiger partial charge in [0.1, 0.15) is 11.6 Å². The molecule has 1 aromatic heterocycles. The number of thioether (sulfide) groups is 1. The van der Waals surface area contributed by atoms with Gasteiger partial charge in [0.25, 0.3) is 5.91 Å². The minimum absolute atomic E-state index is 0.109. The molecule has 3 aromatic rings. The fourth-order valence-electron chi connectivity index (χ4n) is 4.19. The van der Waals surface area contributed by atoms with Gasteiger partial charge in [-0.05, 0) is 61.1 Å². The molecule has 0 spiro atoms. The van der Waals surface area contributed by atoms with Gasteiger partial charge in [0.05, 0.1) is 5.56 Å². The highest BCUT2D eigenvalue weighted by molar-refractivity contribution is 7.98. The summed E-state index contributed by atoms with van der Waals surface area (Å²) in [4.78, 5) is 20.9. The quantitative estimate of drug-likeness (QED) is 0.404. The lowest BCUT2D eigenvalue weighted by molar-refractivity contribution is -0.0102. The van der Waals surface area contributed by atoms with Crippen LogP contribution in [0.25, 0.3) is 11.1 Å². The number of alkyl halides is 2. The van der Waals surface area contributed by atoms with E-state index in [1.807, 2.05) is 31.4 Å². The number of halogens is 3. The van der Waals surface area contributed by atoms with E-state index in [1.165, 1.54) is 12.1 Å². The summed E-state index contributed by atoms with van der Waals surface area (Å²) in [5.74, 6) is -3.06. The van der Waals surface area contributed by atoms with Gasteiger partial charge in [-0.2, -0.15) is 0 Å². The first kappa shape index (κ1) is 24.1. The van der Waals surface area contributed by atoms with Crippen LogP contribution >= 0.6 is 11.8 Å². The molecule has 1 fully saturated rings. The summed E-state index contributed by atoms with van der Waals surface area (Å²) in [6, 6.07) is 13.5. The highest BCUT2D eigenvalue weighted by atomic mass is 32.2. The van der Waals surface area contributed by atoms with E-state index < -0.39 is 5.92 Å². The summed E-state index contributed by atoms with van der Waals surface area (Å²) < 4.78 is 41.5. The van der Waals surface area contributed by atoms with E-state index in [9.17, 15) is 18.0 Å². The highest BCUT2D eigenvalue weighted by Crippen LogP contribution is 2.35. The lowest BCUT2D eigenvalue weighted by Crippen LogP contribution is -2.30. The number of nitrogens with one attached hydrogen (secondary N) is 1. The van der Waals surface area contributed by atoms with Gasteiger partial charge in [0.15, 0.2) is 0 Å². The second kappa shape index (κ2) is 10.1. The van der Waals surface area contributed by atoms with Crippen molar-refractivity contribution in [3.05, 3.63) is 71.7 Å². The van der Waals surface area contributed by atoms with Gasteiger partial charge in [-0.1, -0.05) is 18.2 Å². The molecule has 4 rings (SSSR count). The molecule has 0 saturated carbocycles. The Bertz CT molecular complexity index is 1180. The Hall–Kier alpha value is -3.00. The molecule has 178 valence electrons. The normalized spacial score (nSPS) is 15.6. The number of nitrogens with zero attached hydrogens (tertiary/aromatic N) is 2. The number of aromatic nitrogens is 1. The van der Waals surface area contributed by atoms with Gasteiger partial charge in [-0.25, -0.2) is 18.2 Å². The third-order valence-electron chi connectivity index (χ3n) is 6.05. The Morgan fingerprint density at radius 3 is 2.62 bits per heavy atom. The summed E-state index contributed by atoms with van der Waals surface area (Å²) in [6.07, 6.45) is 3.42. The fraction of sp³-hybridized carbons (Fsp3) is 0.308. The Morgan fingerprint density at radius 2 is 1.88 bits per heavy atom. The lowest BCUT2D eigenvalue weighted by Gasteiger charge is -2.26. The first-order chi connectivity index (χ1) is 16.3. The Labute approximate surface area is 201 Å². The topological polar surface area (TPSA) is 45.2 Å². The van der Waals surface area contributed by atoms with Gasteiger partial charge in [0, 0.05) is 48.3 Å². The maximum Gasteiger partial charge on any atom is 0.259 e. The number of pyridine rings is 1. The van der Waals surface area contributed by atoms with Crippen molar-refractivity contribution >= 4 is 29.2 Å². The standard InChI is InChI=1S/C26H26F3N3OS/c1-17-22(18-7-9-19(27)10-8-18)16-30-24(32-13-4-11-26(28,29)12-14-32)23(17)25(33)31-20-5-3-6-21(15-20)34-2/h3,5-10,15-16H,4,11-14H2,1-2H3,(H,31,33). The van der Waals surface area contributed by atoms with Crippen LogP contribution in [0, 0.1) is 12.7 Å². The van der Waals surface area contributed by atoms with Crippen LogP contribution in [-0.4, -0.2) is 36.2 Å². The van der Waals surface area contributed by atoms with Gasteiger partial charge >= 0.3 is 0 Å². The first-order valence-corrected chi connectivity index (χ1v) is 12.3. The number of rotatable bonds is 5. The molecule has 1 aliphatic heterocycles. The molecule has 1 N–H and O–H groups in total. The van der Waals surface area contributed by atoms with Crippen molar-refractivity contribution in [2.45, 2.75) is 37.0 Å². The third-order valence-corrected chi connectivity index (χ3v) is 6.77. The van der Waals surface area contributed by atoms with Gasteiger partial charge < -0.3 is 10.2 Å². The highest BCUT2D eigenvalue weighted by Gasteiger charge is 2.33. The zero-order chi connectivity index (χ0) is 24.3. The molecule has 0 atom stereocenters. The van der Waals surface area contributed by atoms with Gasteiger partial charge in [-0.15, -0.1) is 11.8 Å². The van der Waals surface area contributed by atoms with E-state index in [0.29, 0.717) is 41.2 Å². The largest absolute Gasteiger partial charge is 0.356 e. The molecule has 0 unspecified atom stereocenters. The second-order valence-electron chi connectivity index (χ2n) is 8.39. The summed E-state index contributed by atoms with van der Waals surface area (Å²) in [5.41, 5.74) is 3.04. The maximum atomic E-state index is 14.0. The molecule has 4 nitrogen and oxygen atoms in total.